The van der Waals surface area contributed by atoms with Crippen LogP contribution in [0.25, 0.3) is 0 Å². The van der Waals surface area contributed by atoms with Gasteiger partial charge in [0.1, 0.15) is 0 Å². The predicted octanol–water partition coefficient (Wildman–Crippen LogP) is 3.58. The molecular formula is C21H28ClN3O2S. The van der Waals surface area contributed by atoms with Gasteiger partial charge in [-0.05, 0) is 29.2 Å². The van der Waals surface area contributed by atoms with Crippen LogP contribution in [0.5, 0.6) is 0 Å². The van der Waals surface area contributed by atoms with Gasteiger partial charge < -0.3 is 16.4 Å². The lowest BCUT2D eigenvalue weighted by Crippen LogP contribution is -2.46. The van der Waals surface area contributed by atoms with Crippen molar-refractivity contribution in [3.05, 3.63) is 65.7 Å². The highest BCUT2D eigenvalue weighted by Crippen LogP contribution is 2.20. The molecule has 1 atom stereocenters. The lowest BCUT2D eigenvalue weighted by Gasteiger charge is -2.15. The monoisotopic (exact) mass is 421 g/mol. The maximum Gasteiger partial charge on any atom is 0.243 e. The minimum absolute atomic E-state index is 0. The van der Waals surface area contributed by atoms with Crippen molar-refractivity contribution < 1.29 is 9.59 Å². The Morgan fingerprint density at radius 1 is 1.00 bits per heavy atom. The fraction of sp³-hybridized carbons (Fsp3) is 0.333. The third-order valence-corrected chi connectivity index (χ3v) is 5.11. The lowest BCUT2D eigenvalue weighted by molar-refractivity contribution is -0.125. The molecule has 0 radical (unpaired) electrons. The van der Waals surface area contributed by atoms with E-state index in [0.717, 1.165) is 22.8 Å². The summed E-state index contributed by atoms with van der Waals surface area (Å²) in [5, 5.41) is 5.38. The zero-order valence-electron chi connectivity index (χ0n) is 16.2. The topological polar surface area (TPSA) is 84.2 Å². The zero-order chi connectivity index (χ0) is 19.6. The van der Waals surface area contributed by atoms with Crippen molar-refractivity contribution in [2.45, 2.75) is 31.4 Å². The number of benzene rings is 2. The highest BCUT2D eigenvalue weighted by Gasteiger charge is 2.17. The van der Waals surface area contributed by atoms with E-state index in [1.165, 1.54) is 5.56 Å². The second-order valence-electron chi connectivity index (χ2n) is 6.71. The number of nitrogens with one attached hydrogen (secondary N) is 2. The molecule has 0 unspecified atom stereocenters. The highest BCUT2D eigenvalue weighted by atomic mass is 35.5. The molecule has 2 aromatic carbocycles. The van der Waals surface area contributed by atoms with E-state index in [1.54, 1.807) is 0 Å². The van der Waals surface area contributed by atoms with Crippen LogP contribution in [0, 0.1) is 5.92 Å². The molecule has 0 bridgehead atoms. The summed E-state index contributed by atoms with van der Waals surface area (Å²) in [5.41, 5.74) is 8.92. The molecular weight excluding hydrogens is 394 g/mol. The maximum absolute atomic E-state index is 12.0. The fourth-order valence-corrected chi connectivity index (χ4v) is 3.34. The summed E-state index contributed by atoms with van der Waals surface area (Å²) in [6.07, 6.45) is 0. The number of carbonyl (C=O) groups is 2. The molecule has 28 heavy (non-hydrogen) atoms. The minimum Gasteiger partial charge on any atom is -0.346 e. The molecule has 0 spiro atoms. The van der Waals surface area contributed by atoms with Gasteiger partial charge in [0, 0.05) is 17.2 Å². The third-order valence-electron chi connectivity index (χ3n) is 4.04. The van der Waals surface area contributed by atoms with Gasteiger partial charge in [0.25, 0.3) is 0 Å². The molecule has 0 aliphatic carbocycles. The third kappa shape index (κ3) is 8.33. The normalized spacial score (nSPS) is 11.4. The van der Waals surface area contributed by atoms with E-state index in [2.05, 4.69) is 22.8 Å². The van der Waals surface area contributed by atoms with Crippen LogP contribution in [0.1, 0.15) is 25.0 Å². The van der Waals surface area contributed by atoms with Crippen molar-refractivity contribution in [3.8, 4) is 0 Å². The van der Waals surface area contributed by atoms with Crippen LogP contribution in [-0.2, 0) is 21.1 Å². The first-order chi connectivity index (χ1) is 13.0. The Morgan fingerprint density at radius 2 is 1.64 bits per heavy atom. The van der Waals surface area contributed by atoms with Crippen LogP contribution < -0.4 is 16.4 Å². The second-order valence-corrected chi connectivity index (χ2v) is 7.70. The van der Waals surface area contributed by atoms with Crippen molar-refractivity contribution in [3.63, 3.8) is 0 Å². The van der Waals surface area contributed by atoms with Crippen LogP contribution in [-0.4, -0.2) is 24.4 Å². The average Bonchev–Trinajstić information content (AvgIpc) is 2.66. The molecule has 152 valence electrons. The van der Waals surface area contributed by atoms with E-state index in [1.807, 2.05) is 68.1 Å². The van der Waals surface area contributed by atoms with E-state index < -0.39 is 6.04 Å². The summed E-state index contributed by atoms with van der Waals surface area (Å²) in [6, 6.07) is 17.5. The molecule has 5 nitrogen and oxygen atoms in total. The molecule has 0 heterocycles. The summed E-state index contributed by atoms with van der Waals surface area (Å²) < 4.78 is 0. The number of rotatable bonds is 9. The lowest BCUT2D eigenvalue weighted by atomic mass is 10.1. The number of hydrogen-bond donors (Lipinski definition) is 3. The van der Waals surface area contributed by atoms with Crippen LogP contribution in [0.3, 0.4) is 0 Å². The molecule has 2 amide bonds. The predicted molar refractivity (Wildman–Crippen MR) is 120 cm³/mol. The Kier molecular flexibility index (Phi) is 10.7. The van der Waals surface area contributed by atoms with Crippen molar-refractivity contribution in [1.82, 2.24) is 5.32 Å². The number of halogens is 1. The molecule has 0 aliphatic rings. The fourth-order valence-electron chi connectivity index (χ4n) is 2.39. The van der Waals surface area contributed by atoms with Gasteiger partial charge in [-0.1, -0.05) is 56.3 Å². The van der Waals surface area contributed by atoms with Gasteiger partial charge in [0.05, 0.1) is 12.6 Å². The van der Waals surface area contributed by atoms with Gasteiger partial charge in [-0.25, -0.2) is 0 Å². The van der Waals surface area contributed by atoms with Gasteiger partial charge in [-0.2, -0.15) is 11.8 Å². The molecule has 7 heteroatoms. The number of hydrogen-bond acceptors (Lipinski definition) is 4. The van der Waals surface area contributed by atoms with E-state index in [-0.39, 0.29) is 36.7 Å². The minimum atomic E-state index is -0.609. The van der Waals surface area contributed by atoms with E-state index in [4.69, 9.17) is 5.73 Å². The molecule has 0 saturated carbocycles. The van der Waals surface area contributed by atoms with Gasteiger partial charge >= 0.3 is 0 Å². The average molecular weight is 422 g/mol. The Bertz CT molecular complexity index is 756. The zero-order valence-corrected chi connectivity index (χ0v) is 17.8. The molecule has 2 rings (SSSR count). The van der Waals surface area contributed by atoms with Gasteiger partial charge in [-0.3, -0.25) is 9.59 Å². The van der Waals surface area contributed by atoms with Crippen molar-refractivity contribution in [1.29, 1.82) is 0 Å². The van der Waals surface area contributed by atoms with Gasteiger partial charge in [-0.15, -0.1) is 12.4 Å². The van der Waals surface area contributed by atoms with E-state index in [0.29, 0.717) is 0 Å². The first-order valence-corrected chi connectivity index (χ1v) is 10.1. The highest BCUT2D eigenvalue weighted by molar-refractivity contribution is 7.97. The number of nitrogens with two attached hydrogens (primary N) is 1. The quantitative estimate of drug-likeness (QED) is 0.577. The molecule has 0 fully saturated rings. The van der Waals surface area contributed by atoms with Crippen LogP contribution in [0.2, 0.25) is 0 Å². The van der Waals surface area contributed by atoms with E-state index >= 15 is 0 Å². The number of amides is 2. The van der Waals surface area contributed by atoms with Crippen LogP contribution >= 0.6 is 24.2 Å². The SMILES string of the molecule is CC(C)[C@H](N)C(=O)NCC(=O)Nc1cccc(CSCc2ccccc2)c1.Cl. The Hall–Kier alpha value is -2.02. The van der Waals surface area contributed by atoms with E-state index in [9.17, 15) is 9.59 Å². The first kappa shape index (κ1) is 24.0. The van der Waals surface area contributed by atoms with Crippen molar-refractivity contribution in [2.24, 2.45) is 11.7 Å². The number of thioether (sulfide) groups is 1. The summed E-state index contributed by atoms with van der Waals surface area (Å²) in [4.78, 5) is 23.9. The summed E-state index contributed by atoms with van der Waals surface area (Å²) in [5.74, 6) is 1.25. The molecule has 0 aliphatic heterocycles. The Morgan fingerprint density at radius 3 is 2.32 bits per heavy atom. The molecule has 4 N–H and O–H groups in total. The van der Waals surface area contributed by atoms with Crippen LogP contribution in [0.15, 0.2) is 54.6 Å². The second kappa shape index (κ2) is 12.4. The van der Waals surface area contributed by atoms with Crippen molar-refractivity contribution in [2.75, 3.05) is 11.9 Å². The van der Waals surface area contributed by atoms with Crippen LogP contribution in [0.4, 0.5) is 5.69 Å². The Balaban J connectivity index is 0.00000392. The first-order valence-electron chi connectivity index (χ1n) is 8.99. The number of anilines is 1. The summed E-state index contributed by atoms with van der Waals surface area (Å²) in [6.45, 7) is 3.64. The molecule has 0 saturated heterocycles. The number of carbonyl (C=O) groups excluding carboxylic acids is 2. The summed E-state index contributed by atoms with van der Waals surface area (Å²) >= 11 is 1.82. The standard InChI is InChI=1S/C21H27N3O2S.ClH/c1-15(2)20(22)21(26)23-12-19(25)24-18-10-6-9-17(11-18)14-27-13-16-7-4-3-5-8-16;/h3-11,15,20H,12-14,22H2,1-2H3,(H,23,26)(H,24,25);1H/t20-;/m0./s1. The van der Waals surface area contributed by atoms with Gasteiger partial charge in [0.15, 0.2) is 0 Å². The van der Waals surface area contributed by atoms with Gasteiger partial charge in [0.2, 0.25) is 11.8 Å². The Labute approximate surface area is 177 Å². The smallest absolute Gasteiger partial charge is 0.243 e. The molecule has 2 aromatic rings. The summed E-state index contributed by atoms with van der Waals surface area (Å²) in [7, 11) is 0. The molecule has 0 aromatic heterocycles. The largest absolute Gasteiger partial charge is 0.346 e. The van der Waals surface area contributed by atoms with Crippen molar-refractivity contribution >= 4 is 41.7 Å². The maximum atomic E-state index is 12.0.